The van der Waals surface area contributed by atoms with Crippen molar-refractivity contribution in [1.29, 1.82) is 0 Å². The average Bonchev–Trinajstić information content (AvgIpc) is 2.80. The van der Waals surface area contributed by atoms with Gasteiger partial charge in [0.05, 0.1) is 4.91 Å². The first kappa shape index (κ1) is 19.6. The molecule has 0 aromatic heterocycles. The van der Waals surface area contributed by atoms with Gasteiger partial charge in [-0.05, 0) is 56.3 Å². The molecule has 0 spiro atoms. The molecule has 1 heterocycles. The van der Waals surface area contributed by atoms with Gasteiger partial charge in [0.25, 0.3) is 11.1 Å². The molecule has 0 bridgehead atoms. The number of terminal acetylenes is 1. The van der Waals surface area contributed by atoms with Crippen LogP contribution in [0.3, 0.4) is 0 Å². The number of carbonyl (C=O) groups is 3. The van der Waals surface area contributed by atoms with E-state index in [1.165, 1.54) is 0 Å². The van der Waals surface area contributed by atoms with Crippen molar-refractivity contribution in [3.63, 3.8) is 0 Å². The van der Waals surface area contributed by atoms with Crippen LogP contribution in [0.15, 0.2) is 29.2 Å². The highest BCUT2D eigenvalue weighted by molar-refractivity contribution is 8.18. The van der Waals surface area contributed by atoms with E-state index in [1.54, 1.807) is 51.1 Å². The van der Waals surface area contributed by atoms with Gasteiger partial charge in [-0.3, -0.25) is 19.3 Å². The summed E-state index contributed by atoms with van der Waals surface area (Å²) in [6, 6.07) is 6.92. The van der Waals surface area contributed by atoms with E-state index in [1.807, 2.05) is 0 Å². The van der Waals surface area contributed by atoms with E-state index in [9.17, 15) is 14.4 Å². The van der Waals surface area contributed by atoms with Crippen LogP contribution in [0.25, 0.3) is 6.08 Å². The highest BCUT2D eigenvalue weighted by Gasteiger charge is 2.37. The molecule has 136 valence electrons. The molecular formula is C19H19NO5S. The van der Waals surface area contributed by atoms with Gasteiger partial charge in [-0.2, -0.15) is 0 Å². The zero-order chi connectivity index (χ0) is 19.3. The summed E-state index contributed by atoms with van der Waals surface area (Å²) < 4.78 is 10.4. The smallest absolute Gasteiger partial charge is 0.326 e. The normalized spacial score (nSPS) is 15.9. The Kier molecular flexibility index (Phi) is 6.11. The van der Waals surface area contributed by atoms with E-state index in [0.717, 1.165) is 22.2 Å². The Labute approximate surface area is 156 Å². The number of amides is 2. The molecule has 0 aliphatic carbocycles. The predicted octanol–water partition coefficient (Wildman–Crippen LogP) is 3.08. The van der Waals surface area contributed by atoms with Crippen molar-refractivity contribution in [3.05, 3.63) is 34.7 Å². The quantitative estimate of drug-likeness (QED) is 0.449. The van der Waals surface area contributed by atoms with E-state index in [4.69, 9.17) is 15.9 Å². The Morgan fingerprint density at radius 1 is 1.27 bits per heavy atom. The second kappa shape index (κ2) is 8.11. The van der Waals surface area contributed by atoms with Crippen molar-refractivity contribution in [3.8, 4) is 18.1 Å². The fraction of sp³-hybridized carbons (Fsp3) is 0.316. The van der Waals surface area contributed by atoms with Crippen molar-refractivity contribution in [2.45, 2.75) is 26.4 Å². The number of esters is 1. The molecule has 0 N–H and O–H groups in total. The van der Waals surface area contributed by atoms with Gasteiger partial charge in [-0.25, -0.2) is 0 Å². The molecular weight excluding hydrogens is 354 g/mol. The molecule has 0 unspecified atom stereocenters. The van der Waals surface area contributed by atoms with Crippen LogP contribution in [0.5, 0.6) is 5.75 Å². The molecule has 1 aromatic carbocycles. The standard InChI is InChI=1S/C19H19NO5S/c1-5-10-24-14-8-6-13(7-9-14)11-15-17(22)20(18(23)26-15)12-16(21)25-19(2,3)4/h1,6-9,11H,10,12H2,2-4H3/b15-11-. The van der Waals surface area contributed by atoms with Crippen molar-refractivity contribution >= 4 is 35.0 Å². The van der Waals surface area contributed by atoms with Crippen LogP contribution >= 0.6 is 11.8 Å². The highest BCUT2D eigenvalue weighted by Crippen LogP contribution is 2.32. The summed E-state index contributed by atoms with van der Waals surface area (Å²) in [4.78, 5) is 37.4. The summed E-state index contributed by atoms with van der Waals surface area (Å²) in [5.41, 5.74) is 0.0404. The summed E-state index contributed by atoms with van der Waals surface area (Å²) in [5.74, 6) is 1.84. The van der Waals surface area contributed by atoms with Crippen LogP contribution in [0, 0.1) is 12.3 Å². The Bertz CT molecular complexity index is 784. The fourth-order valence-electron chi connectivity index (χ4n) is 2.08. The summed E-state index contributed by atoms with van der Waals surface area (Å²) in [6.07, 6.45) is 6.72. The van der Waals surface area contributed by atoms with Gasteiger partial charge >= 0.3 is 5.97 Å². The largest absolute Gasteiger partial charge is 0.481 e. The molecule has 1 fully saturated rings. The third-order valence-electron chi connectivity index (χ3n) is 3.08. The highest BCUT2D eigenvalue weighted by atomic mass is 32.2. The second-order valence-electron chi connectivity index (χ2n) is 6.42. The van der Waals surface area contributed by atoms with Crippen molar-refractivity contribution in [2.24, 2.45) is 0 Å². The molecule has 0 atom stereocenters. The van der Waals surface area contributed by atoms with Gasteiger partial charge in [0, 0.05) is 0 Å². The lowest BCUT2D eigenvalue weighted by molar-refractivity contribution is -0.156. The first-order chi connectivity index (χ1) is 12.2. The summed E-state index contributed by atoms with van der Waals surface area (Å²) in [7, 11) is 0. The van der Waals surface area contributed by atoms with Crippen LogP contribution in [0.4, 0.5) is 4.79 Å². The first-order valence-corrected chi connectivity index (χ1v) is 8.65. The maximum absolute atomic E-state index is 12.4. The second-order valence-corrected chi connectivity index (χ2v) is 7.41. The monoisotopic (exact) mass is 373 g/mol. The lowest BCUT2D eigenvalue weighted by atomic mass is 10.2. The average molecular weight is 373 g/mol. The van der Waals surface area contributed by atoms with Crippen molar-refractivity contribution in [2.75, 3.05) is 13.2 Å². The van der Waals surface area contributed by atoms with Crippen molar-refractivity contribution < 1.29 is 23.9 Å². The number of hydrogen-bond donors (Lipinski definition) is 0. The van der Waals surface area contributed by atoms with Gasteiger partial charge in [0.1, 0.15) is 24.5 Å². The molecule has 26 heavy (non-hydrogen) atoms. The third-order valence-corrected chi connectivity index (χ3v) is 3.99. The van der Waals surface area contributed by atoms with Gasteiger partial charge in [-0.15, -0.1) is 6.42 Å². The molecule has 2 amide bonds. The lowest BCUT2D eigenvalue weighted by Gasteiger charge is -2.21. The van der Waals surface area contributed by atoms with Gasteiger partial charge in [-0.1, -0.05) is 18.1 Å². The molecule has 0 saturated carbocycles. The minimum atomic E-state index is -0.683. The van der Waals surface area contributed by atoms with Crippen LogP contribution in [0.2, 0.25) is 0 Å². The molecule has 0 radical (unpaired) electrons. The molecule has 6 nitrogen and oxygen atoms in total. The Morgan fingerprint density at radius 2 is 1.92 bits per heavy atom. The van der Waals surface area contributed by atoms with Crippen LogP contribution in [0.1, 0.15) is 26.3 Å². The molecule has 1 aliphatic heterocycles. The molecule has 1 saturated heterocycles. The van der Waals surface area contributed by atoms with E-state index < -0.39 is 29.3 Å². The summed E-state index contributed by atoms with van der Waals surface area (Å²) >= 11 is 0.788. The van der Waals surface area contributed by atoms with E-state index in [2.05, 4.69) is 5.92 Å². The lowest BCUT2D eigenvalue weighted by Crippen LogP contribution is -2.37. The van der Waals surface area contributed by atoms with Gasteiger partial charge in [0.15, 0.2) is 0 Å². The molecule has 1 aliphatic rings. The number of benzene rings is 1. The zero-order valence-corrected chi connectivity index (χ0v) is 15.6. The number of imide groups is 1. The SMILES string of the molecule is C#CCOc1ccc(/C=C2\SC(=O)N(CC(=O)OC(C)(C)C)C2=O)cc1. The number of rotatable bonds is 5. The summed E-state index contributed by atoms with van der Waals surface area (Å²) in [6.45, 7) is 4.92. The zero-order valence-electron chi connectivity index (χ0n) is 14.8. The Hall–Kier alpha value is -2.72. The number of carbonyl (C=O) groups excluding carboxylic acids is 3. The molecule has 2 rings (SSSR count). The third kappa shape index (κ3) is 5.39. The van der Waals surface area contributed by atoms with Crippen LogP contribution in [-0.4, -0.2) is 40.8 Å². The van der Waals surface area contributed by atoms with Gasteiger partial charge < -0.3 is 9.47 Å². The number of nitrogens with zero attached hydrogens (tertiary/aromatic N) is 1. The van der Waals surface area contributed by atoms with E-state index in [0.29, 0.717) is 5.75 Å². The topological polar surface area (TPSA) is 72.9 Å². The van der Waals surface area contributed by atoms with E-state index >= 15 is 0 Å². The minimum Gasteiger partial charge on any atom is -0.481 e. The van der Waals surface area contributed by atoms with Crippen molar-refractivity contribution in [1.82, 2.24) is 4.90 Å². The number of thioether (sulfide) groups is 1. The maximum Gasteiger partial charge on any atom is 0.326 e. The van der Waals surface area contributed by atoms with Crippen LogP contribution < -0.4 is 4.74 Å². The number of hydrogen-bond acceptors (Lipinski definition) is 6. The Balaban J connectivity index is 2.06. The minimum absolute atomic E-state index is 0.170. The summed E-state index contributed by atoms with van der Waals surface area (Å²) in [5, 5.41) is -0.499. The Morgan fingerprint density at radius 3 is 2.50 bits per heavy atom. The van der Waals surface area contributed by atoms with Crippen LogP contribution in [-0.2, 0) is 14.3 Å². The molecule has 7 heteroatoms. The number of ether oxygens (including phenoxy) is 2. The first-order valence-electron chi connectivity index (χ1n) is 7.83. The predicted molar refractivity (Wildman–Crippen MR) is 99.3 cm³/mol. The van der Waals surface area contributed by atoms with E-state index in [-0.39, 0.29) is 11.5 Å². The fourth-order valence-corrected chi connectivity index (χ4v) is 2.91. The van der Waals surface area contributed by atoms with Gasteiger partial charge in [0.2, 0.25) is 0 Å². The maximum atomic E-state index is 12.4. The molecule has 1 aromatic rings.